The predicted molar refractivity (Wildman–Crippen MR) is 117 cm³/mol. The van der Waals surface area contributed by atoms with Crippen LogP contribution in [0.3, 0.4) is 0 Å². The minimum Gasteiger partial charge on any atom is -0.103 e. The summed E-state index contributed by atoms with van der Waals surface area (Å²) in [7, 11) is 0. The Morgan fingerprint density at radius 3 is 1.16 bits per heavy atom. The van der Waals surface area contributed by atoms with Gasteiger partial charge in [-0.3, -0.25) is 0 Å². The Labute approximate surface area is 160 Å². The van der Waals surface area contributed by atoms with Crippen LogP contribution in [0.1, 0.15) is 129 Å². The zero-order valence-electron chi connectivity index (χ0n) is 17.6. The van der Waals surface area contributed by atoms with Gasteiger partial charge in [0.2, 0.25) is 0 Å². The molecule has 0 amide bonds. The molecule has 0 nitrogen and oxygen atoms in total. The Hall–Kier alpha value is -0.520. The molecule has 25 heavy (non-hydrogen) atoms. The van der Waals surface area contributed by atoms with E-state index >= 15 is 0 Å². The molecule has 0 spiro atoms. The molecule has 0 fully saturated rings. The number of rotatable bonds is 21. The summed E-state index contributed by atoms with van der Waals surface area (Å²) in [6.45, 7) is 9.97. The second kappa shape index (κ2) is 21.5. The summed E-state index contributed by atoms with van der Waals surface area (Å²) in [4.78, 5) is 0. The maximum atomic E-state index is 3.79. The van der Waals surface area contributed by atoms with E-state index in [0.29, 0.717) is 0 Å². The Morgan fingerprint density at radius 1 is 0.520 bits per heavy atom. The lowest BCUT2D eigenvalue weighted by atomic mass is 9.92. The zero-order chi connectivity index (χ0) is 18.4. The SMILES string of the molecule is C=CCCCCCCCCCC(CC)CCCCCCCCCC=C. The molecule has 0 saturated heterocycles. The molecule has 0 bridgehead atoms. The van der Waals surface area contributed by atoms with Crippen LogP contribution in [0.5, 0.6) is 0 Å². The summed E-state index contributed by atoms with van der Waals surface area (Å²) in [6.07, 6.45) is 30.9. The van der Waals surface area contributed by atoms with Crippen LogP contribution in [-0.4, -0.2) is 0 Å². The van der Waals surface area contributed by atoms with E-state index in [1.165, 1.54) is 122 Å². The number of hydrogen-bond acceptors (Lipinski definition) is 0. The number of unbranched alkanes of at least 4 members (excludes halogenated alkanes) is 14. The minimum absolute atomic E-state index is 1.00. The van der Waals surface area contributed by atoms with E-state index in [0.717, 1.165) is 5.92 Å². The summed E-state index contributed by atoms with van der Waals surface area (Å²) in [6, 6.07) is 0. The van der Waals surface area contributed by atoms with Crippen LogP contribution in [0.15, 0.2) is 25.3 Å². The van der Waals surface area contributed by atoms with E-state index in [2.05, 4.69) is 32.2 Å². The highest BCUT2D eigenvalue weighted by Gasteiger charge is 2.05. The monoisotopic (exact) mass is 348 g/mol. The fourth-order valence-corrected chi connectivity index (χ4v) is 3.76. The van der Waals surface area contributed by atoms with Crippen molar-refractivity contribution in [3.8, 4) is 0 Å². The van der Waals surface area contributed by atoms with Gasteiger partial charge in [-0.25, -0.2) is 0 Å². The molecule has 0 atom stereocenters. The first-order valence-electron chi connectivity index (χ1n) is 11.6. The first-order chi connectivity index (χ1) is 12.3. The van der Waals surface area contributed by atoms with Crippen LogP contribution in [-0.2, 0) is 0 Å². The van der Waals surface area contributed by atoms with Crippen molar-refractivity contribution in [1.29, 1.82) is 0 Å². The van der Waals surface area contributed by atoms with E-state index in [-0.39, 0.29) is 0 Å². The van der Waals surface area contributed by atoms with Gasteiger partial charge in [-0.15, -0.1) is 13.2 Å². The van der Waals surface area contributed by atoms with Crippen molar-refractivity contribution in [1.82, 2.24) is 0 Å². The molecule has 0 aliphatic rings. The van der Waals surface area contributed by atoms with Crippen LogP contribution in [0, 0.1) is 5.92 Å². The van der Waals surface area contributed by atoms with Gasteiger partial charge in [-0.05, 0) is 31.6 Å². The maximum Gasteiger partial charge on any atom is -0.0353 e. The largest absolute Gasteiger partial charge is 0.103 e. The van der Waals surface area contributed by atoms with Crippen LogP contribution in [0.2, 0.25) is 0 Å². The van der Waals surface area contributed by atoms with Crippen molar-refractivity contribution < 1.29 is 0 Å². The second-order valence-corrected chi connectivity index (χ2v) is 7.96. The first-order valence-corrected chi connectivity index (χ1v) is 11.6. The second-order valence-electron chi connectivity index (χ2n) is 7.96. The highest BCUT2D eigenvalue weighted by Crippen LogP contribution is 2.22. The number of hydrogen-bond donors (Lipinski definition) is 0. The topological polar surface area (TPSA) is 0 Å². The lowest BCUT2D eigenvalue weighted by Crippen LogP contribution is -1.99. The Morgan fingerprint density at radius 2 is 0.840 bits per heavy atom. The van der Waals surface area contributed by atoms with Gasteiger partial charge < -0.3 is 0 Å². The van der Waals surface area contributed by atoms with Gasteiger partial charge in [0.1, 0.15) is 0 Å². The van der Waals surface area contributed by atoms with E-state index < -0.39 is 0 Å². The smallest absolute Gasteiger partial charge is 0.0353 e. The summed E-state index contributed by atoms with van der Waals surface area (Å²) in [5, 5.41) is 0. The van der Waals surface area contributed by atoms with Gasteiger partial charge in [-0.2, -0.15) is 0 Å². The van der Waals surface area contributed by atoms with E-state index in [4.69, 9.17) is 0 Å². The Balaban J connectivity index is 3.30. The molecule has 0 heteroatoms. The Kier molecular flexibility index (Phi) is 21.1. The molecule has 0 heterocycles. The van der Waals surface area contributed by atoms with Crippen molar-refractivity contribution in [3.05, 3.63) is 25.3 Å². The van der Waals surface area contributed by atoms with Gasteiger partial charge in [0.25, 0.3) is 0 Å². The minimum atomic E-state index is 1.00. The maximum absolute atomic E-state index is 3.79. The van der Waals surface area contributed by atoms with Crippen molar-refractivity contribution in [2.45, 2.75) is 129 Å². The van der Waals surface area contributed by atoms with Gasteiger partial charge in [0.15, 0.2) is 0 Å². The Bertz CT molecular complexity index is 239. The summed E-state index contributed by atoms with van der Waals surface area (Å²) in [5.74, 6) is 1.00. The van der Waals surface area contributed by atoms with Gasteiger partial charge in [0.05, 0.1) is 0 Å². The quantitative estimate of drug-likeness (QED) is 0.143. The molecule has 148 valence electrons. The molecule has 0 radical (unpaired) electrons. The molecule has 0 rings (SSSR count). The van der Waals surface area contributed by atoms with Gasteiger partial charge in [-0.1, -0.05) is 115 Å². The molecular formula is C25H48. The fraction of sp³-hybridized carbons (Fsp3) is 0.840. The van der Waals surface area contributed by atoms with Crippen molar-refractivity contribution in [3.63, 3.8) is 0 Å². The lowest BCUT2D eigenvalue weighted by molar-refractivity contribution is 0.392. The lowest BCUT2D eigenvalue weighted by Gasteiger charge is -2.14. The molecule has 0 aliphatic carbocycles. The first kappa shape index (κ1) is 24.5. The van der Waals surface area contributed by atoms with Crippen molar-refractivity contribution in [2.24, 2.45) is 5.92 Å². The van der Waals surface area contributed by atoms with E-state index in [1.54, 1.807) is 0 Å². The number of allylic oxidation sites excluding steroid dienone is 2. The van der Waals surface area contributed by atoms with E-state index in [9.17, 15) is 0 Å². The van der Waals surface area contributed by atoms with Crippen LogP contribution in [0.4, 0.5) is 0 Å². The third kappa shape index (κ3) is 19.7. The molecule has 0 N–H and O–H groups in total. The highest BCUT2D eigenvalue weighted by molar-refractivity contribution is 4.66. The third-order valence-corrected chi connectivity index (χ3v) is 5.62. The average Bonchev–Trinajstić information content (AvgIpc) is 2.63. The van der Waals surface area contributed by atoms with Crippen molar-refractivity contribution in [2.75, 3.05) is 0 Å². The molecule has 0 aliphatic heterocycles. The van der Waals surface area contributed by atoms with Gasteiger partial charge in [0, 0.05) is 0 Å². The fourth-order valence-electron chi connectivity index (χ4n) is 3.76. The summed E-state index contributed by atoms with van der Waals surface area (Å²) < 4.78 is 0. The van der Waals surface area contributed by atoms with Crippen molar-refractivity contribution >= 4 is 0 Å². The highest BCUT2D eigenvalue weighted by atomic mass is 14.1. The molecule has 0 saturated carbocycles. The summed E-state index contributed by atoms with van der Waals surface area (Å²) >= 11 is 0. The average molecular weight is 349 g/mol. The third-order valence-electron chi connectivity index (χ3n) is 5.62. The standard InChI is InChI=1S/C25H48/c1-4-7-9-11-13-15-17-19-21-23-25(6-3)24-22-20-18-16-14-12-10-8-5-2/h4-5,25H,1-2,6-24H2,3H3. The van der Waals surface area contributed by atoms with Crippen LogP contribution in [0.25, 0.3) is 0 Å². The normalized spacial score (nSPS) is 11.1. The van der Waals surface area contributed by atoms with Gasteiger partial charge >= 0.3 is 0 Å². The van der Waals surface area contributed by atoms with Crippen LogP contribution >= 0.6 is 0 Å². The molecule has 0 aromatic heterocycles. The predicted octanol–water partition coefficient (Wildman–Crippen LogP) is 9.41. The van der Waals surface area contributed by atoms with Crippen LogP contribution < -0.4 is 0 Å². The molecule has 0 unspecified atom stereocenters. The molecular weight excluding hydrogens is 300 g/mol. The molecule has 0 aromatic rings. The zero-order valence-corrected chi connectivity index (χ0v) is 17.6. The summed E-state index contributed by atoms with van der Waals surface area (Å²) in [5.41, 5.74) is 0. The molecule has 0 aromatic carbocycles. The van der Waals surface area contributed by atoms with E-state index in [1.807, 2.05) is 0 Å².